The van der Waals surface area contributed by atoms with E-state index in [4.69, 9.17) is 14.2 Å². The van der Waals surface area contributed by atoms with Crippen molar-refractivity contribution in [3.8, 4) is 22.6 Å². The number of ether oxygens (including phenoxy) is 3. The smallest absolute Gasteiger partial charge is 0.308 e. The second-order valence-corrected chi connectivity index (χ2v) is 9.11. The number of nitrogens with one attached hydrogen (secondary N) is 1. The van der Waals surface area contributed by atoms with Gasteiger partial charge in [-0.15, -0.1) is 0 Å². The van der Waals surface area contributed by atoms with E-state index < -0.39 is 11.9 Å². The minimum absolute atomic E-state index is 0.131. The van der Waals surface area contributed by atoms with Gasteiger partial charge in [0.15, 0.2) is 0 Å². The number of fused-ring (bicyclic) bond motifs is 1. The first-order valence-electron chi connectivity index (χ1n) is 11.9. The number of carboxylic acid groups (broad SMARTS) is 1. The highest BCUT2D eigenvalue weighted by atomic mass is 16.5. The number of rotatable bonds is 10. The average Bonchev–Trinajstić information content (AvgIpc) is 3.29. The van der Waals surface area contributed by atoms with E-state index in [2.05, 4.69) is 29.6 Å². The van der Waals surface area contributed by atoms with E-state index in [-0.39, 0.29) is 6.10 Å². The van der Waals surface area contributed by atoms with Crippen LogP contribution < -0.4 is 14.8 Å². The van der Waals surface area contributed by atoms with Gasteiger partial charge in [-0.05, 0) is 71.8 Å². The molecule has 1 aliphatic rings. The van der Waals surface area contributed by atoms with Crippen molar-refractivity contribution in [2.45, 2.75) is 39.4 Å². The van der Waals surface area contributed by atoms with Crippen molar-refractivity contribution >= 4 is 11.7 Å². The van der Waals surface area contributed by atoms with E-state index in [1.807, 2.05) is 37.3 Å². The van der Waals surface area contributed by atoms with Gasteiger partial charge in [-0.1, -0.05) is 37.3 Å². The van der Waals surface area contributed by atoms with Crippen LogP contribution in [0.3, 0.4) is 0 Å². The Labute approximate surface area is 206 Å². The number of methoxy groups -OCH3 is 2. The van der Waals surface area contributed by atoms with Gasteiger partial charge >= 0.3 is 5.97 Å². The maximum Gasteiger partial charge on any atom is 0.308 e. The van der Waals surface area contributed by atoms with E-state index in [9.17, 15) is 9.90 Å². The summed E-state index contributed by atoms with van der Waals surface area (Å²) in [5, 5.41) is 12.5. The third kappa shape index (κ3) is 5.60. The molecular weight excluding hydrogens is 442 g/mol. The molecule has 1 aliphatic carbocycles. The van der Waals surface area contributed by atoms with Gasteiger partial charge in [0.25, 0.3) is 0 Å². The van der Waals surface area contributed by atoms with Crippen LogP contribution in [0.15, 0.2) is 54.6 Å². The molecule has 0 fully saturated rings. The lowest BCUT2D eigenvalue weighted by Gasteiger charge is -2.19. The summed E-state index contributed by atoms with van der Waals surface area (Å²) in [4.78, 5) is 11.2. The Kier molecular flexibility index (Phi) is 7.61. The van der Waals surface area contributed by atoms with Crippen LogP contribution in [0, 0.1) is 12.8 Å². The molecule has 1 atom stereocenters. The Morgan fingerprint density at radius 2 is 1.66 bits per heavy atom. The van der Waals surface area contributed by atoms with Gasteiger partial charge in [-0.3, -0.25) is 4.79 Å². The fraction of sp³-hybridized carbons (Fsp3) is 0.345. The first-order valence-corrected chi connectivity index (χ1v) is 11.9. The molecule has 0 radical (unpaired) electrons. The molecule has 0 heterocycles. The van der Waals surface area contributed by atoms with Gasteiger partial charge in [0.2, 0.25) is 0 Å². The predicted octanol–water partition coefficient (Wildman–Crippen LogP) is 5.50. The summed E-state index contributed by atoms with van der Waals surface area (Å²) in [6.07, 6.45) is 1.95. The zero-order valence-corrected chi connectivity index (χ0v) is 20.8. The van der Waals surface area contributed by atoms with Crippen molar-refractivity contribution < 1.29 is 24.1 Å². The highest BCUT2D eigenvalue weighted by molar-refractivity contribution is 5.74. The van der Waals surface area contributed by atoms with Crippen LogP contribution in [0.1, 0.15) is 29.2 Å². The summed E-state index contributed by atoms with van der Waals surface area (Å²) in [6, 6.07) is 18.6. The molecule has 0 saturated carbocycles. The van der Waals surface area contributed by atoms with Gasteiger partial charge in [-0.25, -0.2) is 0 Å². The van der Waals surface area contributed by atoms with Crippen LogP contribution in [0.25, 0.3) is 11.1 Å². The molecule has 0 saturated heterocycles. The fourth-order valence-electron chi connectivity index (χ4n) is 4.55. The largest absolute Gasteiger partial charge is 0.496 e. The third-order valence-corrected chi connectivity index (χ3v) is 6.69. The molecule has 0 amide bonds. The van der Waals surface area contributed by atoms with Crippen molar-refractivity contribution in [3.05, 3.63) is 76.9 Å². The zero-order chi connectivity index (χ0) is 24.9. The summed E-state index contributed by atoms with van der Waals surface area (Å²) in [5.41, 5.74) is 7.52. The highest BCUT2D eigenvalue weighted by Crippen LogP contribution is 2.37. The zero-order valence-electron chi connectivity index (χ0n) is 20.8. The molecule has 0 aliphatic heterocycles. The summed E-state index contributed by atoms with van der Waals surface area (Å²) in [6.45, 7) is 4.45. The average molecular weight is 476 g/mol. The number of hydrogen-bond acceptors (Lipinski definition) is 5. The van der Waals surface area contributed by atoms with Crippen LogP contribution in [0.4, 0.5) is 5.69 Å². The van der Waals surface area contributed by atoms with Gasteiger partial charge in [0.1, 0.15) is 11.5 Å². The Bertz CT molecular complexity index is 1160. The van der Waals surface area contributed by atoms with E-state index in [1.165, 1.54) is 11.1 Å². The third-order valence-electron chi connectivity index (χ3n) is 6.69. The molecule has 2 N–H and O–H groups in total. The molecule has 35 heavy (non-hydrogen) atoms. The van der Waals surface area contributed by atoms with Crippen molar-refractivity contribution in [2.24, 2.45) is 5.92 Å². The maximum atomic E-state index is 11.2. The van der Waals surface area contributed by atoms with Crippen LogP contribution in [-0.2, 0) is 29.0 Å². The summed E-state index contributed by atoms with van der Waals surface area (Å²) < 4.78 is 17.6. The first kappa shape index (κ1) is 24.6. The molecule has 4 rings (SSSR count). The van der Waals surface area contributed by atoms with Crippen molar-refractivity contribution in [1.82, 2.24) is 0 Å². The van der Waals surface area contributed by atoms with E-state index in [0.29, 0.717) is 13.2 Å². The Morgan fingerprint density at radius 1 is 1.03 bits per heavy atom. The van der Waals surface area contributed by atoms with E-state index in [0.717, 1.165) is 52.3 Å². The molecule has 0 unspecified atom stereocenters. The normalized spacial score (nSPS) is 13.8. The number of carbonyl (C=O) groups is 1. The Balaban J connectivity index is 1.62. The van der Waals surface area contributed by atoms with Crippen molar-refractivity contribution in [2.75, 3.05) is 26.1 Å². The first-order chi connectivity index (χ1) is 16.9. The highest BCUT2D eigenvalue weighted by Gasteiger charge is 2.22. The van der Waals surface area contributed by atoms with E-state index >= 15 is 0 Å². The van der Waals surface area contributed by atoms with Crippen LogP contribution >= 0.6 is 0 Å². The number of hydrogen-bond donors (Lipinski definition) is 2. The second kappa shape index (κ2) is 10.8. The van der Waals surface area contributed by atoms with E-state index in [1.54, 1.807) is 21.1 Å². The molecule has 3 aromatic carbocycles. The lowest BCUT2D eigenvalue weighted by molar-refractivity contribution is -0.140. The van der Waals surface area contributed by atoms with Crippen molar-refractivity contribution in [3.63, 3.8) is 0 Å². The lowest BCUT2D eigenvalue weighted by Crippen LogP contribution is -2.19. The van der Waals surface area contributed by atoms with Gasteiger partial charge < -0.3 is 24.6 Å². The Hall–Kier alpha value is -3.51. The molecule has 0 bridgehead atoms. The molecule has 6 nitrogen and oxygen atoms in total. The van der Waals surface area contributed by atoms with Crippen molar-refractivity contribution in [1.29, 1.82) is 0 Å². The van der Waals surface area contributed by atoms with Crippen LogP contribution in [0.2, 0.25) is 0 Å². The van der Waals surface area contributed by atoms with Gasteiger partial charge in [-0.2, -0.15) is 0 Å². The number of carboxylic acids is 1. The lowest BCUT2D eigenvalue weighted by atomic mass is 9.97. The maximum absolute atomic E-state index is 11.2. The second-order valence-electron chi connectivity index (χ2n) is 9.11. The number of benzene rings is 3. The summed E-state index contributed by atoms with van der Waals surface area (Å²) in [5.74, 6) is 0.208. The molecule has 0 aromatic heterocycles. The fourth-order valence-corrected chi connectivity index (χ4v) is 4.55. The number of aliphatic carboxylic acids is 1. The van der Waals surface area contributed by atoms with Crippen LogP contribution in [-0.4, -0.2) is 37.9 Å². The minimum atomic E-state index is -0.822. The molecule has 6 heteroatoms. The van der Waals surface area contributed by atoms with Crippen LogP contribution in [0.5, 0.6) is 11.5 Å². The molecule has 3 aromatic rings. The quantitative estimate of drug-likeness (QED) is 0.403. The molecule has 0 spiro atoms. The monoisotopic (exact) mass is 475 g/mol. The number of anilines is 1. The molecule has 184 valence electrons. The SMILES string of the molecule is COc1cc(-c2ccc(NC[C@H](C)C(=O)O)cc2COC2Cc3ccccc3C2)cc(OC)c1C. The summed E-state index contributed by atoms with van der Waals surface area (Å²) >= 11 is 0. The van der Waals surface area contributed by atoms with Gasteiger partial charge in [0, 0.05) is 17.8 Å². The predicted molar refractivity (Wildman–Crippen MR) is 137 cm³/mol. The summed E-state index contributed by atoms with van der Waals surface area (Å²) in [7, 11) is 3.31. The topological polar surface area (TPSA) is 77.0 Å². The van der Waals surface area contributed by atoms with Gasteiger partial charge in [0.05, 0.1) is 32.8 Å². The standard InChI is InChI=1S/C29H33NO5/c1-18(29(31)32)16-30-24-9-10-26(22-14-27(33-3)19(2)28(15-22)34-4)23(11-24)17-35-25-12-20-7-5-6-8-21(20)13-25/h5-11,14-15,18,25,30H,12-13,16-17H2,1-4H3,(H,31,32)/t18-/m0/s1. The Morgan fingerprint density at radius 3 is 2.23 bits per heavy atom. The molecular formula is C29H33NO5. The minimum Gasteiger partial charge on any atom is -0.496 e.